The van der Waals surface area contributed by atoms with E-state index in [1.165, 1.54) is 21.2 Å². The quantitative estimate of drug-likeness (QED) is 0.826. The largest absolute Gasteiger partial charge is 0.379 e. The standard InChI is InChI=1S/C20H24N2OS/c1-16(14-21-10-12-23-13-11-21)15-22-17-6-2-4-8-19(17)24-20-9-5-3-7-18(20)22/h2-9,16H,10-15H2,1H3. The fourth-order valence-electron chi connectivity index (χ4n) is 3.57. The van der Waals surface area contributed by atoms with Crippen LogP contribution in [0.25, 0.3) is 0 Å². The SMILES string of the molecule is CC(CN1CCOCC1)CN1c2ccccc2Sc2ccccc21. The number of hydrogen-bond acceptors (Lipinski definition) is 4. The lowest BCUT2D eigenvalue weighted by atomic mass is 10.1. The second-order valence-electron chi connectivity index (χ2n) is 6.67. The first-order valence-corrected chi connectivity index (χ1v) is 9.56. The Labute approximate surface area is 148 Å². The molecule has 2 aromatic rings. The Kier molecular flexibility index (Phi) is 4.79. The van der Waals surface area contributed by atoms with Crippen LogP contribution in [0.2, 0.25) is 0 Å². The lowest BCUT2D eigenvalue weighted by molar-refractivity contribution is 0.0323. The first kappa shape index (κ1) is 16.0. The average Bonchev–Trinajstić information content (AvgIpc) is 2.62. The normalized spacial score (nSPS) is 18.8. The zero-order chi connectivity index (χ0) is 16.4. The number of fused-ring (bicyclic) bond motifs is 2. The Morgan fingerprint density at radius 2 is 1.50 bits per heavy atom. The van der Waals surface area contributed by atoms with Crippen molar-refractivity contribution in [3.8, 4) is 0 Å². The average molecular weight is 340 g/mol. The zero-order valence-corrected chi connectivity index (χ0v) is 15.0. The molecule has 1 fully saturated rings. The molecule has 0 radical (unpaired) electrons. The van der Waals surface area contributed by atoms with E-state index in [1.54, 1.807) is 0 Å². The Hall–Kier alpha value is -1.49. The minimum Gasteiger partial charge on any atom is -0.379 e. The number of nitrogens with zero attached hydrogens (tertiary/aromatic N) is 2. The molecule has 1 saturated heterocycles. The van der Waals surface area contributed by atoms with Crippen LogP contribution in [-0.4, -0.2) is 44.3 Å². The van der Waals surface area contributed by atoms with E-state index in [1.807, 2.05) is 11.8 Å². The number of rotatable bonds is 4. The maximum absolute atomic E-state index is 5.47. The maximum Gasteiger partial charge on any atom is 0.0594 e. The molecular formula is C20H24N2OS. The van der Waals surface area contributed by atoms with Gasteiger partial charge in [-0.25, -0.2) is 0 Å². The summed E-state index contributed by atoms with van der Waals surface area (Å²) < 4.78 is 5.47. The minimum absolute atomic E-state index is 0.604. The lowest BCUT2D eigenvalue weighted by Gasteiger charge is -2.36. The van der Waals surface area contributed by atoms with Crippen LogP contribution in [0.5, 0.6) is 0 Å². The first-order chi connectivity index (χ1) is 11.8. The highest BCUT2D eigenvalue weighted by Gasteiger charge is 2.25. The fraction of sp³-hybridized carbons (Fsp3) is 0.400. The smallest absolute Gasteiger partial charge is 0.0594 e. The van der Waals surface area contributed by atoms with Crippen molar-refractivity contribution in [3.63, 3.8) is 0 Å². The van der Waals surface area contributed by atoms with Gasteiger partial charge in [-0.1, -0.05) is 43.0 Å². The third-order valence-corrected chi connectivity index (χ3v) is 5.83. The monoisotopic (exact) mass is 340 g/mol. The highest BCUT2D eigenvalue weighted by atomic mass is 32.2. The molecule has 2 aliphatic rings. The van der Waals surface area contributed by atoms with E-state index in [2.05, 4.69) is 65.3 Å². The van der Waals surface area contributed by atoms with Crippen molar-refractivity contribution in [1.82, 2.24) is 4.90 Å². The molecule has 2 aliphatic heterocycles. The van der Waals surface area contributed by atoms with Crippen molar-refractivity contribution in [2.24, 2.45) is 5.92 Å². The van der Waals surface area contributed by atoms with Crippen LogP contribution < -0.4 is 4.90 Å². The van der Waals surface area contributed by atoms with Crippen LogP contribution in [0.15, 0.2) is 58.3 Å². The summed E-state index contributed by atoms with van der Waals surface area (Å²) in [6.07, 6.45) is 0. The van der Waals surface area contributed by atoms with Crippen molar-refractivity contribution in [2.45, 2.75) is 16.7 Å². The molecule has 4 rings (SSSR count). The number of ether oxygens (including phenoxy) is 1. The number of hydrogen-bond donors (Lipinski definition) is 0. The molecule has 0 aliphatic carbocycles. The number of morpholine rings is 1. The van der Waals surface area contributed by atoms with Gasteiger partial charge in [-0.2, -0.15) is 0 Å². The van der Waals surface area contributed by atoms with Gasteiger partial charge in [-0.3, -0.25) is 4.90 Å². The summed E-state index contributed by atoms with van der Waals surface area (Å²) in [5.74, 6) is 0.604. The van der Waals surface area contributed by atoms with Crippen molar-refractivity contribution in [3.05, 3.63) is 48.5 Å². The summed E-state index contributed by atoms with van der Waals surface area (Å²) in [7, 11) is 0. The van der Waals surface area contributed by atoms with Gasteiger partial charge in [0.1, 0.15) is 0 Å². The molecule has 0 saturated carbocycles. The van der Waals surface area contributed by atoms with E-state index in [0.29, 0.717) is 5.92 Å². The molecule has 24 heavy (non-hydrogen) atoms. The number of benzene rings is 2. The van der Waals surface area contributed by atoms with E-state index in [0.717, 1.165) is 39.4 Å². The van der Waals surface area contributed by atoms with Crippen LogP contribution in [-0.2, 0) is 4.74 Å². The summed E-state index contributed by atoms with van der Waals surface area (Å²) >= 11 is 1.88. The molecule has 0 amide bonds. The molecule has 1 atom stereocenters. The van der Waals surface area contributed by atoms with Crippen molar-refractivity contribution < 1.29 is 4.74 Å². The van der Waals surface area contributed by atoms with Crippen LogP contribution in [0, 0.1) is 5.92 Å². The van der Waals surface area contributed by atoms with E-state index < -0.39 is 0 Å². The summed E-state index contributed by atoms with van der Waals surface area (Å²) in [5, 5.41) is 0. The van der Waals surface area contributed by atoms with Gasteiger partial charge in [0.15, 0.2) is 0 Å². The predicted molar refractivity (Wildman–Crippen MR) is 100 cm³/mol. The maximum atomic E-state index is 5.47. The molecular weight excluding hydrogens is 316 g/mol. The third-order valence-electron chi connectivity index (χ3n) is 4.70. The minimum atomic E-state index is 0.604. The molecule has 0 aromatic heterocycles. The Morgan fingerprint density at radius 3 is 2.12 bits per heavy atom. The van der Waals surface area contributed by atoms with Gasteiger partial charge in [-0.05, 0) is 30.2 Å². The molecule has 0 spiro atoms. The first-order valence-electron chi connectivity index (χ1n) is 8.75. The number of para-hydroxylation sites is 2. The third kappa shape index (κ3) is 3.32. The highest BCUT2D eigenvalue weighted by molar-refractivity contribution is 7.99. The molecule has 2 heterocycles. The topological polar surface area (TPSA) is 15.7 Å². The van der Waals surface area contributed by atoms with E-state index in [-0.39, 0.29) is 0 Å². The highest BCUT2D eigenvalue weighted by Crippen LogP contribution is 2.47. The molecule has 2 aromatic carbocycles. The zero-order valence-electron chi connectivity index (χ0n) is 14.1. The number of anilines is 2. The van der Waals surface area contributed by atoms with Gasteiger partial charge in [0.2, 0.25) is 0 Å². The van der Waals surface area contributed by atoms with Crippen LogP contribution in [0.4, 0.5) is 11.4 Å². The lowest BCUT2D eigenvalue weighted by Crippen LogP contribution is -2.41. The molecule has 0 bridgehead atoms. The van der Waals surface area contributed by atoms with E-state index >= 15 is 0 Å². The molecule has 1 unspecified atom stereocenters. The summed E-state index contributed by atoms with van der Waals surface area (Å²) in [6, 6.07) is 17.5. The van der Waals surface area contributed by atoms with Crippen LogP contribution in [0.1, 0.15) is 6.92 Å². The summed E-state index contributed by atoms with van der Waals surface area (Å²) in [4.78, 5) is 7.75. The van der Waals surface area contributed by atoms with Gasteiger partial charge in [0.25, 0.3) is 0 Å². The molecule has 4 heteroatoms. The van der Waals surface area contributed by atoms with Gasteiger partial charge in [0, 0.05) is 36.0 Å². The van der Waals surface area contributed by atoms with Crippen molar-refractivity contribution in [2.75, 3.05) is 44.3 Å². The molecule has 3 nitrogen and oxygen atoms in total. The van der Waals surface area contributed by atoms with Crippen molar-refractivity contribution >= 4 is 23.1 Å². The fourth-order valence-corrected chi connectivity index (χ4v) is 4.67. The van der Waals surface area contributed by atoms with E-state index in [9.17, 15) is 0 Å². The van der Waals surface area contributed by atoms with E-state index in [4.69, 9.17) is 4.74 Å². The Bertz CT molecular complexity index is 654. The molecule has 126 valence electrons. The molecule has 0 N–H and O–H groups in total. The summed E-state index contributed by atoms with van der Waals surface area (Å²) in [6.45, 7) is 8.42. The van der Waals surface area contributed by atoms with Gasteiger partial charge in [0.05, 0.1) is 24.6 Å². The second kappa shape index (κ2) is 7.18. The second-order valence-corrected chi connectivity index (χ2v) is 7.75. The van der Waals surface area contributed by atoms with Gasteiger partial charge in [-0.15, -0.1) is 0 Å². The van der Waals surface area contributed by atoms with Crippen molar-refractivity contribution in [1.29, 1.82) is 0 Å². The van der Waals surface area contributed by atoms with Crippen LogP contribution in [0.3, 0.4) is 0 Å². The van der Waals surface area contributed by atoms with Gasteiger partial charge < -0.3 is 9.64 Å². The van der Waals surface area contributed by atoms with Crippen LogP contribution >= 0.6 is 11.8 Å². The summed E-state index contributed by atoms with van der Waals surface area (Å²) in [5.41, 5.74) is 2.69. The predicted octanol–water partition coefficient (Wildman–Crippen LogP) is 4.26. The van der Waals surface area contributed by atoms with Gasteiger partial charge >= 0.3 is 0 Å². The Morgan fingerprint density at radius 1 is 0.917 bits per heavy atom. The Balaban J connectivity index is 1.55.